The summed E-state index contributed by atoms with van der Waals surface area (Å²) < 4.78 is 5.30. The van der Waals surface area contributed by atoms with Crippen molar-refractivity contribution in [3.05, 3.63) is 21.9 Å². The second-order valence-corrected chi connectivity index (χ2v) is 8.46. The molecule has 0 aliphatic rings. The lowest BCUT2D eigenvalue weighted by Crippen LogP contribution is -2.19. The summed E-state index contributed by atoms with van der Waals surface area (Å²) in [7, 11) is 0. The number of hydrogen-bond donors (Lipinski definition) is 1. The van der Waals surface area contributed by atoms with Gasteiger partial charge < -0.3 is 10.1 Å². The van der Waals surface area contributed by atoms with Gasteiger partial charge in [0.2, 0.25) is 0 Å². The standard InChI is InChI=1S/C14H23NO2S2/c1-11(16)17-10-13-6-5-12(19-13)9-15-7-8-18-14(2,3)4/h5-6,15H,7-10H2,1-4H3. The second kappa shape index (κ2) is 7.92. The third-order valence-electron chi connectivity index (χ3n) is 2.25. The van der Waals surface area contributed by atoms with Crippen LogP contribution in [0, 0.1) is 0 Å². The van der Waals surface area contributed by atoms with Crippen LogP contribution in [0.3, 0.4) is 0 Å². The number of thioether (sulfide) groups is 1. The Morgan fingerprint density at radius 2 is 2.05 bits per heavy atom. The molecule has 1 aromatic heterocycles. The number of rotatable bonds is 7. The molecular weight excluding hydrogens is 278 g/mol. The van der Waals surface area contributed by atoms with Crippen molar-refractivity contribution in [2.75, 3.05) is 12.3 Å². The average Bonchev–Trinajstić information content (AvgIpc) is 2.72. The van der Waals surface area contributed by atoms with Crippen molar-refractivity contribution in [2.45, 2.75) is 45.6 Å². The lowest BCUT2D eigenvalue weighted by molar-refractivity contribution is -0.142. The van der Waals surface area contributed by atoms with Gasteiger partial charge in [0.15, 0.2) is 0 Å². The molecule has 108 valence electrons. The first-order valence-corrected chi connectivity index (χ1v) is 8.22. The smallest absolute Gasteiger partial charge is 0.302 e. The van der Waals surface area contributed by atoms with E-state index in [1.54, 1.807) is 11.3 Å². The fourth-order valence-electron chi connectivity index (χ4n) is 1.41. The van der Waals surface area contributed by atoms with Crippen LogP contribution >= 0.6 is 23.1 Å². The van der Waals surface area contributed by atoms with Gasteiger partial charge in [-0.05, 0) is 12.1 Å². The second-order valence-electron chi connectivity index (χ2n) is 5.29. The van der Waals surface area contributed by atoms with Crippen molar-refractivity contribution >= 4 is 29.1 Å². The fourth-order valence-corrected chi connectivity index (χ4v) is 3.17. The van der Waals surface area contributed by atoms with Gasteiger partial charge in [-0.15, -0.1) is 11.3 Å². The molecule has 1 N–H and O–H groups in total. The highest BCUT2D eigenvalue weighted by Gasteiger charge is 2.09. The van der Waals surface area contributed by atoms with Crippen LogP contribution in [0.25, 0.3) is 0 Å². The molecule has 0 saturated heterocycles. The molecule has 0 unspecified atom stereocenters. The van der Waals surface area contributed by atoms with Crippen LogP contribution in [0.5, 0.6) is 0 Å². The van der Waals surface area contributed by atoms with Crippen molar-refractivity contribution in [3.8, 4) is 0 Å². The Morgan fingerprint density at radius 1 is 1.37 bits per heavy atom. The van der Waals surface area contributed by atoms with Crippen LogP contribution in [0.4, 0.5) is 0 Å². The van der Waals surface area contributed by atoms with E-state index in [9.17, 15) is 4.79 Å². The Bertz CT molecular complexity index is 396. The Labute approximate surface area is 124 Å². The van der Waals surface area contributed by atoms with Crippen molar-refractivity contribution in [3.63, 3.8) is 0 Å². The normalized spacial score (nSPS) is 11.6. The molecule has 1 heterocycles. The SMILES string of the molecule is CC(=O)OCc1ccc(CNCCSC(C)(C)C)s1. The molecule has 0 bridgehead atoms. The first kappa shape index (κ1) is 16.5. The first-order valence-electron chi connectivity index (χ1n) is 6.42. The van der Waals surface area contributed by atoms with Crippen LogP contribution in [0.1, 0.15) is 37.4 Å². The summed E-state index contributed by atoms with van der Waals surface area (Å²) in [5.41, 5.74) is 0. The lowest BCUT2D eigenvalue weighted by atomic mass is 10.3. The highest BCUT2D eigenvalue weighted by atomic mass is 32.2. The maximum Gasteiger partial charge on any atom is 0.302 e. The van der Waals surface area contributed by atoms with Crippen molar-refractivity contribution in [1.29, 1.82) is 0 Å². The lowest BCUT2D eigenvalue weighted by Gasteiger charge is -2.17. The Kier molecular flexibility index (Phi) is 6.89. The van der Waals surface area contributed by atoms with Crippen LogP contribution in [0.2, 0.25) is 0 Å². The monoisotopic (exact) mass is 301 g/mol. The van der Waals surface area contributed by atoms with Gasteiger partial charge in [-0.25, -0.2) is 0 Å². The molecule has 0 atom stereocenters. The van der Waals surface area contributed by atoms with Crippen LogP contribution in [-0.4, -0.2) is 23.0 Å². The molecule has 1 aromatic rings. The topological polar surface area (TPSA) is 38.3 Å². The zero-order valence-electron chi connectivity index (χ0n) is 12.1. The van der Waals surface area contributed by atoms with Gasteiger partial charge in [-0.3, -0.25) is 4.79 Å². The van der Waals surface area contributed by atoms with E-state index in [-0.39, 0.29) is 5.97 Å². The van der Waals surface area contributed by atoms with E-state index < -0.39 is 0 Å². The van der Waals surface area contributed by atoms with Gasteiger partial charge in [0, 0.05) is 40.3 Å². The maximum atomic E-state index is 10.7. The number of ether oxygens (including phenoxy) is 1. The van der Waals surface area contributed by atoms with Crippen molar-refractivity contribution in [1.82, 2.24) is 5.32 Å². The number of carbonyl (C=O) groups excluding carboxylic acids is 1. The number of hydrogen-bond acceptors (Lipinski definition) is 5. The van der Waals surface area contributed by atoms with E-state index >= 15 is 0 Å². The summed E-state index contributed by atoms with van der Waals surface area (Å²) in [6, 6.07) is 4.11. The van der Waals surface area contributed by atoms with E-state index in [1.165, 1.54) is 11.8 Å². The summed E-state index contributed by atoms with van der Waals surface area (Å²) in [5, 5.41) is 3.43. The molecule has 0 amide bonds. The zero-order chi connectivity index (χ0) is 14.3. The molecule has 0 spiro atoms. The van der Waals surface area contributed by atoms with Gasteiger partial charge in [0.1, 0.15) is 6.61 Å². The van der Waals surface area contributed by atoms with E-state index in [2.05, 4.69) is 32.2 Å². The maximum absolute atomic E-state index is 10.7. The van der Waals surface area contributed by atoms with Crippen molar-refractivity contribution in [2.24, 2.45) is 0 Å². The quantitative estimate of drug-likeness (QED) is 0.618. The minimum Gasteiger partial charge on any atom is -0.460 e. The van der Waals surface area contributed by atoms with Gasteiger partial charge >= 0.3 is 5.97 Å². The third kappa shape index (κ3) is 8.29. The van der Waals surface area contributed by atoms with E-state index in [0.717, 1.165) is 23.7 Å². The molecule has 19 heavy (non-hydrogen) atoms. The minimum atomic E-state index is -0.229. The van der Waals surface area contributed by atoms with Gasteiger partial charge in [-0.2, -0.15) is 11.8 Å². The van der Waals surface area contributed by atoms with E-state index in [4.69, 9.17) is 4.74 Å². The Balaban J connectivity index is 2.18. The molecule has 1 rings (SSSR count). The minimum absolute atomic E-state index is 0.229. The summed E-state index contributed by atoms with van der Waals surface area (Å²) in [5.74, 6) is 0.891. The summed E-state index contributed by atoms with van der Waals surface area (Å²) >= 11 is 3.66. The predicted molar refractivity (Wildman–Crippen MR) is 83.7 cm³/mol. The predicted octanol–water partition coefficient (Wildman–Crippen LogP) is 3.43. The molecule has 0 aliphatic carbocycles. The molecule has 0 aliphatic heterocycles. The molecule has 3 nitrogen and oxygen atoms in total. The summed E-state index contributed by atoms with van der Waals surface area (Å²) in [6.45, 7) is 10.4. The van der Waals surface area contributed by atoms with Gasteiger partial charge in [0.25, 0.3) is 0 Å². The van der Waals surface area contributed by atoms with Crippen LogP contribution in [-0.2, 0) is 22.7 Å². The largest absolute Gasteiger partial charge is 0.460 e. The average molecular weight is 301 g/mol. The van der Waals surface area contributed by atoms with Crippen LogP contribution in [0.15, 0.2) is 12.1 Å². The number of carbonyl (C=O) groups is 1. The van der Waals surface area contributed by atoms with Crippen LogP contribution < -0.4 is 5.32 Å². The first-order chi connectivity index (χ1) is 8.87. The third-order valence-corrected chi connectivity index (χ3v) is 4.58. The highest BCUT2D eigenvalue weighted by molar-refractivity contribution is 8.00. The molecule has 0 aromatic carbocycles. The number of esters is 1. The Hall–Kier alpha value is -0.520. The van der Waals surface area contributed by atoms with Gasteiger partial charge in [-0.1, -0.05) is 20.8 Å². The number of nitrogens with one attached hydrogen (secondary N) is 1. The van der Waals surface area contributed by atoms with E-state index in [0.29, 0.717) is 11.4 Å². The fraction of sp³-hybridized carbons (Fsp3) is 0.643. The van der Waals surface area contributed by atoms with E-state index in [1.807, 2.05) is 17.8 Å². The molecule has 0 fully saturated rings. The molecule has 0 saturated carbocycles. The molecule has 0 radical (unpaired) electrons. The number of thiophene rings is 1. The summed E-state index contributed by atoms with van der Waals surface area (Å²) in [6.07, 6.45) is 0. The van der Waals surface area contributed by atoms with Gasteiger partial charge in [0.05, 0.1) is 0 Å². The molecular formula is C14H23NO2S2. The summed E-state index contributed by atoms with van der Waals surface area (Å²) in [4.78, 5) is 13.1. The zero-order valence-corrected chi connectivity index (χ0v) is 13.7. The molecule has 5 heteroatoms. The highest BCUT2D eigenvalue weighted by Crippen LogP contribution is 2.22. The van der Waals surface area contributed by atoms with Crippen molar-refractivity contribution < 1.29 is 9.53 Å². The Morgan fingerprint density at radius 3 is 2.68 bits per heavy atom.